The van der Waals surface area contributed by atoms with Crippen LogP contribution in [0.2, 0.25) is 0 Å². The lowest BCUT2D eigenvalue weighted by Crippen LogP contribution is -2.48. The molecule has 0 bridgehead atoms. The van der Waals surface area contributed by atoms with Gasteiger partial charge in [-0.1, -0.05) is 30.3 Å². The molecule has 0 amide bonds. The Balaban J connectivity index is 1.70. The predicted octanol–water partition coefficient (Wildman–Crippen LogP) is 2.23. The largest absolute Gasteiger partial charge is 0.370 e. The Hall–Kier alpha value is -0.970. The van der Waals surface area contributed by atoms with E-state index in [1.165, 1.54) is 0 Å². The van der Waals surface area contributed by atoms with Crippen molar-refractivity contribution in [3.05, 3.63) is 35.9 Å². The van der Waals surface area contributed by atoms with E-state index in [0.29, 0.717) is 13.0 Å². The molecule has 1 aromatic rings. The maximum Gasteiger partial charge on any atom is 0.184 e. The first-order chi connectivity index (χ1) is 8.33. The second-order valence-electron chi connectivity index (χ2n) is 4.46. The van der Waals surface area contributed by atoms with E-state index in [0.717, 1.165) is 5.56 Å². The molecule has 3 nitrogen and oxygen atoms in total. The van der Waals surface area contributed by atoms with Gasteiger partial charge in [0.25, 0.3) is 0 Å². The Labute approximate surface area is 99.5 Å². The van der Waals surface area contributed by atoms with Gasteiger partial charge < -0.3 is 14.2 Å². The summed E-state index contributed by atoms with van der Waals surface area (Å²) in [4.78, 5) is 0. The van der Waals surface area contributed by atoms with Gasteiger partial charge in [-0.15, -0.1) is 0 Å². The molecule has 2 fully saturated rings. The van der Waals surface area contributed by atoms with Gasteiger partial charge in [0.2, 0.25) is 0 Å². The van der Waals surface area contributed by atoms with E-state index < -0.39 is 12.5 Å². The molecule has 4 atom stereocenters. The van der Waals surface area contributed by atoms with E-state index in [1.54, 1.807) is 0 Å². The second kappa shape index (κ2) is 4.72. The maximum atomic E-state index is 13.2. The minimum Gasteiger partial charge on any atom is -0.370 e. The van der Waals surface area contributed by atoms with Gasteiger partial charge in [-0.05, 0) is 0 Å². The van der Waals surface area contributed by atoms with Crippen molar-refractivity contribution in [3.63, 3.8) is 0 Å². The molecule has 0 N–H and O–H groups in total. The van der Waals surface area contributed by atoms with Crippen molar-refractivity contribution in [3.8, 4) is 0 Å². The van der Waals surface area contributed by atoms with Gasteiger partial charge in [0.05, 0.1) is 19.3 Å². The minimum atomic E-state index is -0.925. The molecule has 2 aliphatic heterocycles. The molecule has 0 spiro atoms. The summed E-state index contributed by atoms with van der Waals surface area (Å²) in [6, 6.07) is 9.70. The van der Waals surface area contributed by atoms with Crippen LogP contribution in [0.4, 0.5) is 4.39 Å². The molecule has 0 saturated carbocycles. The van der Waals surface area contributed by atoms with Crippen LogP contribution in [0.3, 0.4) is 0 Å². The van der Waals surface area contributed by atoms with Crippen LogP contribution in [0.1, 0.15) is 18.3 Å². The third-order valence-electron chi connectivity index (χ3n) is 3.18. The van der Waals surface area contributed by atoms with E-state index >= 15 is 0 Å². The number of halogens is 1. The zero-order valence-corrected chi connectivity index (χ0v) is 9.42. The van der Waals surface area contributed by atoms with Crippen molar-refractivity contribution in [1.82, 2.24) is 0 Å². The van der Waals surface area contributed by atoms with E-state index in [2.05, 4.69) is 0 Å². The average Bonchev–Trinajstić information content (AvgIpc) is 2.39. The fourth-order valence-electron chi connectivity index (χ4n) is 2.27. The van der Waals surface area contributed by atoms with Gasteiger partial charge in [-0.3, -0.25) is 0 Å². The molecule has 0 aromatic heterocycles. The highest BCUT2D eigenvalue weighted by molar-refractivity contribution is 5.16. The molecule has 2 heterocycles. The molecule has 4 heteroatoms. The summed E-state index contributed by atoms with van der Waals surface area (Å²) in [6.07, 6.45) is -1.24. The summed E-state index contributed by atoms with van der Waals surface area (Å²) in [6.45, 7) is 0.626. The summed E-state index contributed by atoms with van der Waals surface area (Å²) in [5, 5.41) is 0. The number of alkyl halides is 1. The van der Waals surface area contributed by atoms with Crippen LogP contribution < -0.4 is 0 Å². The monoisotopic (exact) mass is 238 g/mol. The standard InChI is InChI=1S/C13H15FO3/c14-10-6-11-12(15-7-10)8-16-13(17-11)9-4-2-1-3-5-9/h1-5,10-13H,6-8H2/t10-,11-,12+,13?/m0/s1. The van der Waals surface area contributed by atoms with Crippen LogP contribution in [0.25, 0.3) is 0 Å². The van der Waals surface area contributed by atoms with Crippen molar-refractivity contribution in [2.24, 2.45) is 0 Å². The van der Waals surface area contributed by atoms with Crippen molar-refractivity contribution < 1.29 is 18.6 Å². The van der Waals surface area contributed by atoms with Gasteiger partial charge in [0, 0.05) is 12.0 Å². The minimum absolute atomic E-state index is 0.123. The van der Waals surface area contributed by atoms with Crippen LogP contribution in [0.5, 0.6) is 0 Å². The SMILES string of the molecule is F[C@@H]1CO[C@@H]2COC(c3ccccc3)O[C@H]2C1. The Morgan fingerprint density at radius 2 is 1.82 bits per heavy atom. The molecule has 2 aliphatic rings. The third-order valence-corrected chi connectivity index (χ3v) is 3.18. The molecule has 17 heavy (non-hydrogen) atoms. The number of hydrogen-bond donors (Lipinski definition) is 0. The number of rotatable bonds is 1. The molecule has 92 valence electrons. The van der Waals surface area contributed by atoms with Gasteiger partial charge in [-0.2, -0.15) is 0 Å². The number of ether oxygens (including phenoxy) is 3. The molecular formula is C13H15FO3. The van der Waals surface area contributed by atoms with Crippen molar-refractivity contribution in [1.29, 1.82) is 0 Å². The van der Waals surface area contributed by atoms with Crippen molar-refractivity contribution in [2.75, 3.05) is 13.2 Å². The highest BCUT2D eigenvalue weighted by Gasteiger charge is 2.38. The average molecular weight is 238 g/mol. The fourth-order valence-corrected chi connectivity index (χ4v) is 2.27. The molecule has 0 aliphatic carbocycles. The smallest absolute Gasteiger partial charge is 0.184 e. The zero-order valence-electron chi connectivity index (χ0n) is 9.42. The Morgan fingerprint density at radius 3 is 2.65 bits per heavy atom. The molecule has 1 unspecified atom stereocenters. The van der Waals surface area contributed by atoms with Gasteiger partial charge in [0.1, 0.15) is 12.3 Å². The fraction of sp³-hybridized carbons (Fsp3) is 0.538. The topological polar surface area (TPSA) is 27.7 Å². The Morgan fingerprint density at radius 1 is 1.00 bits per heavy atom. The van der Waals surface area contributed by atoms with Crippen LogP contribution in [0.15, 0.2) is 30.3 Å². The molecule has 2 saturated heterocycles. The van der Waals surface area contributed by atoms with E-state index in [4.69, 9.17) is 14.2 Å². The molecule has 0 radical (unpaired) electrons. The first kappa shape index (κ1) is 11.1. The van der Waals surface area contributed by atoms with Gasteiger partial charge in [-0.25, -0.2) is 4.39 Å². The van der Waals surface area contributed by atoms with Gasteiger partial charge >= 0.3 is 0 Å². The first-order valence-electron chi connectivity index (χ1n) is 5.90. The molecule has 1 aromatic carbocycles. The lowest BCUT2D eigenvalue weighted by Gasteiger charge is -2.40. The van der Waals surface area contributed by atoms with E-state index in [9.17, 15) is 4.39 Å². The lowest BCUT2D eigenvalue weighted by atomic mass is 10.0. The highest BCUT2D eigenvalue weighted by atomic mass is 19.1. The maximum absolute atomic E-state index is 13.2. The number of fused-ring (bicyclic) bond motifs is 1. The van der Waals surface area contributed by atoms with Crippen molar-refractivity contribution in [2.45, 2.75) is 31.1 Å². The third kappa shape index (κ3) is 2.34. The Bertz CT molecular complexity index is 370. The number of hydrogen-bond acceptors (Lipinski definition) is 3. The van der Waals surface area contributed by atoms with Crippen LogP contribution >= 0.6 is 0 Å². The quantitative estimate of drug-likeness (QED) is 0.751. The van der Waals surface area contributed by atoms with E-state index in [-0.39, 0.29) is 18.8 Å². The van der Waals surface area contributed by atoms with Crippen molar-refractivity contribution >= 4 is 0 Å². The van der Waals surface area contributed by atoms with Gasteiger partial charge in [0.15, 0.2) is 6.29 Å². The Kier molecular flexibility index (Phi) is 3.09. The summed E-state index contributed by atoms with van der Waals surface area (Å²) in [7, 11) is 0. The summed E-state index contributed by atoms with van der Waals surface area (Å²) in [5.74, 6) is 0. The van der Waals surface area contributed by atoms with E-state index in [1.807, 2.05) is 30.3 Å². The first-order valence-corrected chi connectivity index (χ1v) is 5.90. The summed E-state index contributed by atoms with van der Waals surface area (Å²) < 4.78 is 30.0. The van der Waals surface area contributed by atoms with Crippen LogP contribution in [-0.2, 0) is 14.2 Å². The second-order valence-corrected chi connectivity index (χ2v) is 4.46. The number of benzene rings is 1. The lowest BCUT2D eigenvalue weighted by molar-refractivity contribution is -0.284. The van der Waals surface area contributed by atoms with Crippen LogP contribution in [0, 0.1) is 0 Å². The molecular weight excluding hydrogens is 223 g/mol. The predicted molar refractivity (Wildman–Crippen MR) is 59.3 cm³/mol. The van der Waals surface area contributed by atoms with Crippen LogP contribution in [-0.4, -0.2) is 31.6 Å². The summed E-state index contributed by atoms with van der Waals surface area (Å²) in [5.41, 5.74) is 0.965. The molecule has 3 rings (SSSR count). The normalized spacial score (nSPS) is 37.5. The summed E-state index contributed by atoms with van der Waals surface area (Å²) >= 11 is 0. The highest BCUT2D eigenvalue weighted by Crippen LogP contribution is 2.32. The zero-order chi connectivity index (χ0) is 11.7.